The minimum atomic E-state index is -1.07. The monoisotopic (exact) mass is 396 g/mol. The Morgan fingerprint density at radius 2 is 1.76 bits per heavy atom. The van der Waals surface area contributed by atoms with E-state index in [4.69, 9.17) is 4.74 Å². The van der Waals surface area contributed by atoms with Gasteiger partial charge >= 0.3 is 5.97 Å². The normalized spacial score (nSPS) is 13.8. The third-order valence-corrected chi connectivity index (χ3v) is 4.46. The van der Waals surface area contributed by atoms with E-state index in [-0.39, 0.29) is 17.5 Å². The van der Waals surface area contributed by atoms with Crippen LogP contribution in [-0.4, -0.2) is 46.0 Å². The molecule has 9 heteroatoms. The molecule has 0 spiro atoms. The van der Waals surface area contributed by atoms with Gasteiger partial charge in [0.15, 0.2) is 6.10 Å². The van der Waals surface area contributed by atoms with E-state index in [2.05, 4.69) is 0 Å². The Morgan fingerprint density at radius 1 is 1.07 bits per heavy atom. The maximum absolute atomic E-state index is 12.5. The Morgan fingerprint density at radius 3 is 2.38 bits per heavy atom. The molecule has 1 aliphatic rings. The summed E-state index contributed by atoms with van der Waals surface area (Å²) in [4.78, 5) is 60.7. The molecule has 148 valence electrons. The number of amides is 2. The van der Waals surface area contributed by atoms with Crippen LogP contribution in [0.1, 0.15) is 44.4 Å². The molecule has 3 rings (SSSR count). The second-order valence-corrected chi connectivity index (χ2v) is 6.27. The van der Waals surface area contributed by atoms with Gasteiger partial charge in [0.05, 0.1) is 10.5 Å². The second-order valence-electron chi connectivity index (χ2n) is 6.27. The molecular formula is C20H16N2O7. The summed E-state index contributed by atoms with van der Waals surface area (Å²) < 4.78 is 5.18. The largest absolute Gasteiger partial charge is 0.453 e. The van der Waals surface area contributed by atoms with Crippen LogP contribution in [0.2, 0.25) is 0 Å². The Balaban J connectivity index is 1.75. The zero-order chi connectivity index (χ0) is 21.1. The fourth-order valence-corrected chi connectivity index (χ4v) is 3.05. The van der Waals surface area contributed by atoms with E-state index in [1.807, 2.05) is 0 Å². The molecule has 0 bridgehead atoms. The molecule has 1 unspecified atom stereocenters. The number of ether oxygens (including phenoxy) is 1. The number of hydrogen-bond donors (Lipinski definition) is 0. The maximum atomic E-state index is 12.5. The summed E-state index contributed by atoms with van der Waals surface area (Å²) in [5.41, 5.74) is -0.655. The van der Waals surface area contributed by atoms with Crippen LogP contribution >= 0.6 is 0 Å². The average molecular weight is 396 g/mol. The Labute approximate surface area is 165 Å². The highest BCUT2D eigenvalue weighted by atomic mass is 16.6. The second kappa shape index (κ2) is 8.01. The molecule has 0 saturated heterocycles. The topological polar surface area (TPSA) is 124 Å². The maximum Gasteiger partial charge on any atom is 0.326 e. The van der Waals surface area contributed by atoms with Crippen molar-refractivity contribution in [2.24, 2.45) is 0 Å². The van der Waals surface area contributed by atoms with E-state index in [9.17, 15) is 29.3 Å². The van der Waals surface area contributed by atoms with Crippen LogP contribution in [0.25, 0.3) is 0 Å². The molecule has 0 fully saturated rings. The minimum absolute atomic E-state index is 0.149. The number of carbonyl (C=O) groups excluding carboxylic acids is 4. The van der Waals surface area contributed by atoms with Gasteiger partial charge in [0.2, 0.25) is 5.78 Å². The lowest BCUT2D eigenvalue weighted by Gasteiger charge is -2.18. The van der Waals surface area contributed by atoms with Gasteiger partial charge in [-0.3, -0.25) is 34.2 Å². The number of nitro benzene ring substituents is 1. The smallest absolute Gasteiger partial charge is 0.326 e. The molecule has 0 saturated carbocycles. The number of Topliss-reactive ketones (excluding diaryl/α,β-unsaturated/α-hetero) is 1. The van der Waals surface area contributed by atoms with Crippen LogP contribution in [0.4, 0.5) is 5.69 Å². The summed E-state index contributed by atoms with van der Waals surface area (Å²) in [7, 11) is 0. The van der Waals surface area contributed by atoms with Crippen molar-refractivity contribution in [1.82, 2.24) is 4.90 Å². The van der Waals surface area contributed by atoms with Crippen LogP contribution in [0.15, 0.2) is 48.5 Å². The van der Waals surface area contributed by atoms with Crippen molar-refractivity contribution in [1.29, 1.82) is 0 Å². The number of hydrogen-bond acceptors (Lipinski definition) is 7. The number of fused-ring (bicyclic) bond motifs is 1. The van der Waals surface area contributed by atoms with E-state index in [0.717, 1.165) is 6.07 Å². The predicted molar refractivity (Wildman–Crippen MR) is 99.4 cm³/mol. The molecular weight excluding hydrogens is 380 g/mol. The first kappa shape index (κ1) is 19.9. The Hall–Kier alpha value is -3.88. The SMILES string of the molecule is CCC(OC(=O)CN1C(=O)c2cccc([N+](=O)[O-])c2C1=O)C(=O)c1ccccc1. The molecule has 0 aliphatic carbocycles. The number of nitro groups is 1. The summed E-state index contributed by atoms with van der Waals surface area (Å²) >= 11 is 0. The van der Waals surface area contributed by atoms with Crippen LogP contribution in [-0.2, 0) is 9.53 Å². The van der Waals surface area contributed by atoms with Crippen molar-refractivity contribution >= 4 is 29.3 Å². The molecule has 0 radical (unpaired) electrons. The van der Waals surface area contributed by atoms with Gasteiger partial charge in [-0.1, -0.05) is 43.3 Å². The van der Waals surface area contributed by atoms with Gasteiger partial charge in [-0.25, -0.2) is 0 Å². The molecule has 0 N–H and O–H groups in total. The van der Waals surface area contributed by atoms with E-state index >= 15 is 0 Å². The lowest BCUT2D eigenvalue weighted by atomic mass is 10.0. The van der Waals surface area contributed by atoms with Crippen molar-refractivity contribution in [3.8, 4) is 0 Å². The first-order chi connectivity index (χ1) is 13.8. The molecule has 1 atom stereocenters. The molecule has 2 aromatic rings. The van der Waals surface area contributed by atoms with Crippen LogP contribution in [0.5, 0.6) is 0 Å². The number of benzene rings is 2. The van der Waals surface area contributed by atoms with E-state index < -0.39 is 46.8 Å². The highest BCUT2D eigenvalue weighted by Crippen LogP contribution is 2.30. The molecule has 9 nitrogen and oxygen atoms in total. The van der Waals surface area contributed by atoms with Crippen molar-refractivity contribution < 1.29 is 28.8 Å². The molecule has 2 aromatic carbocycles. The average Bonchev–Trinajstić information content (AvgIpc) is 2.97. The van der Waals surface area contributed by atoms with Crippen LogP contribution in [0.3, 0.4) is 0 Å². The molecule has 2 amide bonds. The van der Waals surface area contributed by atoms with Crippen LogP contribution < -0.4 is 0 Å². The van der Waals surface area contributed by atoms with Gasteiger partial charge in [-0.05, 0) is 12.5 Å². The lowest BCUT2D eigenvalue weighted by molar-refractivity contribution is -0.385. The molecule has 1 aliphatic heterocycles. The third-order valence-electron chi connectivity index (χ3n) is 4.46. The van der Waals surface area contributed by atoms with E-state index in [1.165, 1.54) is 12.1 Å². The third kappa shape index (κ3) is 3.75. The van der Waals surface area contributed by atoms with Gasteiger partial charge in [-0.15, -0.1) is 0 Å². The van der Waals surface area contributed by atoms with E-state index in [0.29, 0.717) is 10.5 Å². The summed E-state index contributed by atoms with van der Waals surface area (Å²) in [6.07, 6.45) is -0.873. The Kier molecular flexibility index (Phi) is 5.49. The fraction of sp³-hybridized carbons (Fsp3) is 0.200. The lowest BCUT2D eigenvalue weighted by Crippen LogP contribution is -2.38. The standard InChI is InChI=1S/C20H16N2O7/c1-2-15(18(24)12-7-4-3-5-8-12)29-16(23)11-21-19(25)13-9-6-10-14(22(27)28)17(13)20(21)26/h3-10,15H,2,11H2,1H3. The van der Waals surface area contributed by atoms with Gasteiger partial charge in [0.1, 0.15) is 12.1 Å². The number of ketones is 1. The summed E-state index contributed by atoms with van der Waals surface area (Å²) in [5, 5.41) is 11.1. The first-order valence-electron chi connectivity index (χ1n) is 8.77. The Bertz CT molecular complexity index is 1020. The number of nitrogens with zero attached hydrogens (tertiary/aromatic N) is 2. The summed E-state index contributed by atoms with van der Waals surface area (Å²) in [5.74, 6) is -3.14. The highest BCUT2D eigenvalue weighted by Gasteiger charge is 2.42. The van der Waals surface area contributed by atoms with Gasteiger partial charge in [-0.2, -0.15) is 0 Å². The van der Waals surface area contributed by atoms with Crippen molar-refractivity contribution in [2.75, 3.05) is 6.54 Å². The molecule has 0 aromatic heterocycles. The first-order valence-corrected chi connectivity index (χ1v) is 8.77. The zero-order valence-electron chi connectivity index (χ0n) is 15.4. The van der Waals surface area contributed by atoms with Crippen molar-refractivity contribution in [3.63, 3.8) is 0 Å². The highest BCUT2D eigenvalue weighted by molar-refractivity contribution is 6.24. The number of esters is 1. The quantitative estimate of drug-likeness (QED) is 0.231. The number of carbonyl (C=O) groups is 4. The van der Waals surface area contributed by atoms with Crippen molar-refractivity contribution in [2.45, 2.75) is 19.4 Å². The number of imide groups is 1. The number of rotatable bonds is 7. The van der Waals surface area contributed by atoms with Gasteiger partial charge in [0.25, 0.3) is 17.5 Å². The van der Waals surface area contributed by atoms with E-state index in [1.54, 1.807) is 37.3 Å². The molecule has 29 heavy (non-hydrogen) atoms. The van der Waals surface area contributed by atoms with Gasteiger partial charge < -0.3 is 4.74 Å². The predicted octanol–water partition coefficient (Wildman–Crippen LogP) is 2.40. The fourth-order valence-electron chi connectivity index (χ4n) is 3.05. The zero-order valence-corrected chi connectivity index (χ0v) is 15.4. The summed E-state index contributed by atoms with van der Waals surface area (Å²) in [6, 6.07) is 11.9. The summed E-state index contributed by atoms with van der Waals surface area (Å²) in [6.45, 7) is 0.909. The minimum Gasteiger partial charge on any atom is -0.453 e. The van der Waals surface area contributed by atoms with Crippen molar-refractivity contribution in [3.05, 3.63) is 75.3 Å². The molecule has 1 heterocycles. The van der Waals surface area contributed by atoms with Gasteiger partial charge in [0, 0.05) is 11.6 Å². The van der Waals surface area contributed by atoms with Crippen LogP contribution in [0, 0.1) is 10.1 Å².